The van der Waals surface area contributed by atoms with Crippen LogP contribution in [0.15, 0.2) is 12.7 Å². The van der Waals surface area contributed by atoms with Crippen LogP contribution in [-0.4, -0.2) is 18.1 Å². The minimum Gasteiger partial charge on any atom is -0.288 e. The zero-order valence-electron chi connectivity index (χ0n) is 4.78. The summed E-state index contributed by atoms with van der Waals surface area (Å²) in [6.07, 6.45) is -3.79. The fourth-order valence-electron chi connectivity index (χ4n) is 0.244. The molecule has 0 unspecified atom stereocenters. The highest BCUT2D eigenvalue weighted by Gasteiger charge is 2.46. The molecule has 0 aromatic heterocycles. The lowest BCUT2D eigenvalue weighted by atomic mass is 10.2. The second kappa shape index (κ2) is 2.81. The molecule has 0 N–H and O–H groups in total. The van der Waals surface area contributed by atoms with Gasteiger partial charge >= 0.3 is 12.3 Å². The number of rotatable bonds is 3. The Morgan fingerprint density at radius 2 is 1.90 bits per heavy atom. The summed E-state index contributed by atoms with van der Waals surface area (Å²) in [5, 5.41) is 0. The molecule has 10 heavy (non-hydrogen) atoms. The fourth-order valence-corrected chi connectivity index (χ4v) is 0.244. The van der Waals surface area contributed by atoms with Crippen molar-refractivity contribution in [2.75, 3.05) is 0 Å². The minimum absolute atomic E-state index is 0.173. The van der Waals surface area contributed by atoms with Crippen LogP contribution in [0.2, 0.25) is 0 Å². The largest absolute Gasteiger partial charge is 0.368 e. The molecule has 5 heteroatoms. The molecule has 58 valence electrons. The van der Waals surface area contributed by atoms with E-state index in [0.29, 0.717) is 0 Å². The van der Waals surface area contributed by atoms with Crippen molar-refractivity contribution in [1.29, 1.82) is 0 Å². The van der Waals surface area contributed by atoms with Crippen LogP contribution in [-0.2, 0) is 4.79 Å². The highest BCUT2D eigenvalue weighted by atomic mass is 19.3. The van der Waals surface area contributed by atoms with Crippen molar-refractivity contribution < 1.29 is 22.4 Å². The summed E-state index contributed by atoms with van der Waals surface area (Å²) >= 11 is 0. The van der Waals surface area contributed by atoms with Crippen LogP contribution >= 0.6 is 0 Å². The van der Waals surface area contributed by atoms with E-state index < -0.39 is 18.1 Å². The number of allylic oxidation sites excluding steroid dienone is 1. The lowest BCUT2D eigenvalue weighted by Gasteiger charge is -2.09. The molecule has 0 atom stereocenters. The van der Waals surface area contributed by atoms with Crippen molar-refractivity contribution in [2.24, 2.45) is 0 Å². The lowest BCUT2D eigenvalue weighted by molar-refractivity contribution is -0.161. The van der Waals surface area contributed by atoms with E-state index in [0.717, 1.165) is 0 Å². The highest BCUT2D eigenvalue weighted by Crippen LogP contribution is 2.23. The molecule has 1 nitrogen and oxygen atoms in total. The zero-order chi connectivity index (χ0) is 8.36. The van der Waals surface area contributed by atoms with Crippen LogP contribution < -0.4 is 0 Å². The van der Waals surface area contributed by atoms with E-state index in [1.54, 1.807) is 0 Å². The van der Waals surface area contributed by atoms with Gasteiger partial charge in [-0.2, -0.15) is 8.78 Å². The van der Waals surface area contributed by atoms with Crippen molar-refractivity contribution in [1.82, 2.24) is 0 Å². The summed E-state index contributed by atoms with van der Waals surface area (Å²) in [7, 11) is 0. The summed E-state index contributed by atoms with van der Waals surface area (Å²) < 4.78 is 46.0. The molecule has 0 heterocycles. The first kappa shape index (κ1) is 9.13. The first-order valence-corrected chi connectivity index (χ1v) is 2.25. The van der Waals surface area contributed by atoms with Gasteiger partial charge in [-0.15, -0.1) is 0 Å². The molecule has 0 aliphatic rings. The lowest BCUT2D eigenvalue weighted by Crippen LogP contribution is -2.34. The van der Waals surface area contributed by atoms with E-state index >= 15 is 0 Å². The number of ketones is 1. The molecule has 0 fully saturated rings. The molecule has 0 aromatic carbocycles. The Hall–Kier alpha value is -0.870. The maximum Gasteiger partial charge on any atom is 0.368 e. The normalized spacial score (nSPS) is 11.7. The SMILES string of the molecule is C=CC(=O)C(F)(F)C(F)F. The molecule has 0 saturated carbocycles. The Morgan fingerprint density at radius 1 is 1.50 bits per heavy atom. The Balaban J connectivity index is 4.39. The van der Waals surface area contributed by atoms with Gasteiger partial charge in [0.15, 0.2) is 0 Å². The first-order chi connectivity index (χ1) is 4.42. The first-order valence-electron chi connectivity index (χ1n) is 2.25. The highest BCUT2D eigenvalue weighted by molar-refractivity contribution is 5.95. The van der Waals surface area contributed by atoms with Gasteiger partial charge in [0.05, 0.1) is 0 Å². The summed E-state index contributed by atoms with van der Waals surface area (Å²) in [4.78, 5) is 9.93. The van der Waals surface area contributed by atoms with Crippen molar-refractivity contribution in [2.45, 2.75) is 12.3 Å². The van der Waals surface area contributed by atoms with Crippen molar-refractivity contribution >= 4 is 5.78 Å². The number of hydrogen-bond acceptors (Lipinski definition) is 1. The number of carbonyl (C=O) groups is 1. The number of carbonyl (C=O) groups excluding carboxylic acids is 1. The van der Waals surface area contributed by atoms with E-state index in [1.165, 1.54) is 0 Å². The van der Waals surface area contributed by atoms with Crippen molar-refractivity contribution in [3.63, 3.8) is 0 Å². The van der Waals surface area contributed by atoms with Gasteiger partial charge in [0.1, 0.15) is 0 Å². The van der Waals surface area contributed by atoms with Crippen LogP contribution in [0.4, 0.5) is 17.6 Å². The molecule has 0 spiro atoms. The number of hydrogen-bond donors (Lipinski definition) is 0. The van der Waals surface area contributed by atoms with Crippen LogP contribution in [0.1, 0.15) is 0 Å². The molecule has 0 rings (SSSR count). The summed E-state index contributed by atoms with van der Waals surface area (Å²) in [6, 6.07) is 0. The minimum atomic E-state index is -4.58. The van der Waals surface area contributed by atoms with E-state index in [-0.39, 0.29) is 6.08 Å². The number of halogens is 4. The van der Waals surface area contributed by atoms with E-state index in [1.807, 2.05) is 0 Å². The average molecular weight is 156 g/mol. The van der Waals surface area contributed by atoms with E-state index in [4.69, 9.17) is 0 Å². The maximum absolute atomic E-state index is 11.8. The molecule has 0 saturated heterocycles. The molecular formula is C5H4F4O. The second-order valence-corrected chi connectivity index (χ2v) is 1.49. The molecular weight excluding hydrogens is 152 g/mol. The molecule has 0 amide bonds. The smallest absolute Gasteiger partial charge is 0.288 e. The summed E-state index contributed by atoms with van der Waals surface area (Å²) in [5.41, 5.74) is 0. The van der Waals surface area contributed by atoms with Crippen LogP contribution in [0.5, 0.6) is 0 Å². The van der Waals surface area contributed by atoms with Crippen LogP contribution in [0.25, 0.3) is 0 Å². The second-order valence-electron chi connectivity index (χ2n) is 1.49. The monoisotopic (exact) mass is 156 g/mol. The Bertz CT molecular complexity index is 152. The van der Waals surface area contributed by atoms with Gasteiger partial charge < -0.3 is 0 Å². The maximum atomic E-state index is 11.8. The van der Waals surface area contributed by atoms with Gasteiger partial charge in [0.25, 0.3) is 0 Å². The standard InChI is InChI=1S/C5H4F4O/c1-2-3(10)5(8,9)4(6)7/h2,4H,1H2. The molecule has 0 aromatic rings. The van der Waals surface area contributed by atoms with Gasteiger partial charge in [-0.1, -0.05) is 6.58 Å². The Kier molecular flexibility index (Phi) is 2.56. The number of alkyl halides is 4. The Labute approximate surface area is 54.3 Å². The van der Waals surface area contributed by atoms with E-state index in [9.17, 15) is 22.4 Å². The predicted molar refractivity (Wildman–Crippen MR) is 26.2 cm³/mol. The van der Waals surface area contributed by atoms with Crippen LogP contribution in [0, 0.1) is 0 Å². The average Bonchev–Trinajstić information content (AvgIpc) is 1.86. The third-order valence-corrected chi connectivity index (χ3v) is 0.788. The summed E-state index contributed by atoms with van der Waals surface area (Å²) in [5.74, 6) is -6.54. The van der Waals surface area contributed by atoms with Crippen molar-refractivity contribution in [3.05, 3.63) is 12.7 Å². The van der Waals surface area contributed by atoms with Gasteiger partial charge in [0.2, 0.25) is 5.78 Å². The molecule has 0 radical (unpaired) electrons. The quantitative estimate of drug-likeness (QED) is 0.448. The topological polar surface area (TPSA) is 17.1 Å². The van der Waals surface area contributed by atoms with Gasteiger partial charge in [-0.25, -0.2) is 8.78 Å². The third-order valence-electron chi connectivity index (χ3n) is 0.788. The van der Waals surface area contributed by atoms with Crippen LogP contribution in [0.3, 0.4) is 0 Å². The molecule has 0 bridgehead atoms. The molecule has 0 aliphatic carbocycles. The zero-order valence-corrected chi connectivity index (χ0v) is 4.78. The fraction of sp³-hybridized carbons (Fsp3) is 0.400. The van der Waals surface area contributed by atoms with Gasteiger partial charge in [-0.3, -0.25) is 4.79 Å². The Morgan fingerprint density at radius 3 is 2.00 bits per heavy atom. The van der Waals surface area contributed by atoms with E-state index in [2.05, 4.69) is 6.58 Å². The van der Waals surface area contributed by atoms with Gasteiger partial charge in [-0.05, 0) is 6.08 Å². The summed E-state index contributed by atoms with van der Waals surface area (Å²) in [6.45, 7) is 2.65. The van der Waals surface area contributed by atoms with Crippen molar-refractivity contribution in [3.8, 4) is 0 Å². The molecule has 0 aliphatic heterocycles. The third kappa shape index (κ3) is 1.55. The van der Waals surface area contributed by atoms with Gasteiger partial charge in [0, 0.05) is 0 Å². The predicted octanol–water partition coefficient (Wildman–Crippen LogP) is 1.64.